The summed E-state index contributed by atoms with van der Waals surface area (Å²) < 4.78 is 0. The van der Waals surface area contributed by atoms with Gasteiger partial charge in [-0.15, -0.1) is 0 Å². The molecule has 0 bridgehead atoms. The summed E-state index contributed by atoms with van der Waals surface area (Å²) in [5, 5.41) is 10.9. The van der Waals surface area contributed by atoms with Crippen LogP contribution in [0, 0.1) is 22.5 Å². The van der Waals surface area contributed by atoms with Crippen LogP contribution in [0.1, 0.15) is 19.4 Å². The molecule has 0 aliphatic heterocycles. The van der Waals surface area contributed by atoms with Crippen molar-refractivity contribution in [1.82, 2.24) is 0 Å². The van der Waals surface area contributed by atoms with Gasteiger partial charge in [0.2, 0.25) is 0 Å². The highest BCUT2D eigenvalue weighted by molar-refractivity contribution is 5.61. The van der Waals surface area contributed by atoms with Crippen LogP contribution in [0.5, 0.6) is 0 Å². The predicted octanol–water partition coefficient (Wildman–Crippen LogP) is 2.32. The highest BCUT2D eigenvalue weighted by atomic mass is 16.6. The fraction of sp³-hybridized carbons (Fsp3) is 0.538. The Balaban J connectivity index is 3.03. The van der Waals surface area contributed by atoms with E-state index < -0.39 is 0 Å². The molecule has 18 heavy (non-hydrogen) atoms. The van der Waals surface area contributed by atoms with E-state index in [0.29, 0.717) is 12.1 Å². The summed E-state index contributed by atoms with van der Waals surface area (Å²) in [7, 11) is 1.93. The number of nitrogens with two attached hydrogens (primary N) is 1. The standard InChI is InChI=1S/C13H21N3O2/c1-10-11(6-5-7-12(10)16(17)18)15(4)9-13(2,3)8-14/h5-7H,8-9,14H2,1-4H3. The van der Waals surface area contributed by atoms with Crippen LogP contribution in [-0.2, 0) is 0 Å². The minimum absolute atomic E-state index is 0.0220. The van der Waals surface area contributed by atoms with Gasteiger partial charge in [0, 0.05) is 30.9 Å². The maximum Gasteiger partial charge on any atom is 0.274 e. The van der Waals surface area contributed by atoms with Gasteiger partial charge in [-0.25, -0.2) is 0 Å². The van der Waals surface area contributed by atoms with Crippen LogP contribution >= 0.6 is 0 Å². The molecule has 0 saturated carbocycles. The number of benzene rings is 1. The van der Waals surface area contributed by atoms with E-state index in [2.05, 4.69) is 13.8 Å². The van der Waals surface area contributed by atoms with Gasteiger partial charge in [0.25, 0.3) is 5.69 Å². The molecule has 1 rings (SSSR count). The second-order valence-corrected chi connectivity index (χ2v) is 5.40. The number of nitrogens with zero attached hydrogens (tertiary/aromatic N) is 2. The van der Waals surface area contributed by atoms with E-state index >= 15 is 0 Å². The highest BCUT2D eigenvalue weighted by Gasteiger charge is 2.21. The molecule has 1 aromatic rings. The van der Waals surface area contributed by atoms with Gasteiger partial charge in [0.15, 0.2) is 0 Å². The van der Waals surface area contributed by atoms with Gasteiger partial charge in [-0.3, -0.25) is 10.1 Å². The second-order valence-electron chi connectivity index (χ2n) is 5.40. The molecule has 1 aromatic carbocycles. The molecule has 0 aliphatic carbocycles. The van der Waals surface area contributed by atoms with Crippen LogP contribution in [-0.4, -0.2) is 25.1 Å². The first-order valence-electron chi connectivity index (χ1n) is 5.94. The lowest BCUT2D eigenvalue weighted by molar-refractivity contribution is -0.385. The average Bonchev–Trinajstić information content (AvgIpc) is 2.28. The van der Waals surface area contributed by atoms with Gasteiger partial charge in [0.1, 0.15) is 0 Å². The molecule has 0 aliphatic rings. The minimum atomic E-state index is -0.346. The average molecular weight is 251 g/mol. The van der Waals surface area contributed by atoms with Gasteiger partial charge < -0.3 is 10.6 Å². The topological polar surface area (TPSA) is 72.4 Å². The summed E-state index contributed by atoms with van der Waals surface area (Å²) in [6.45, 7) is 7.27. The van der Waals surface area contributed by atoms with Crippen LogP contribution in [0.25, 0.3) is 0 Å². The van der Waals surface area contributed by atoms with Crippen molar-refractivity contribution in [3.05, 3.63) is 33.9 Å². The zero-order valence-corrected chi connectivity index (χ0v) is 11.4. The molecule has 100 valence electrons. The fourth-order valence-electron chi connectivity index (χ4n) is 2.01. The van der Waals surface area contributed by atoms with Gasteiger partial charge in [-0.1, -0.05) is 19.9 Å². The first kappa shape index (κ1) is 14.4. The summed E-state index contributed by atoms with van der Waals surface area (Å²) in [5.41, 5.74) is 7.42. The molecule has 0 heterocycles. The van der Waals surface area contributed by atoms with Gasteiger partial charge in [0.05, 0.1) is 4.92 Å². The second kappa shape index (κ2) is 5.35. The van der Waals surface area contributed by atoms with E-state index in [1.807, 2.05) is 18.0 Å². The Labute approximate surface area is 108 Å². The molecular weight excluding hydrogens is 230 g/mol. The normalized spacial score (nSPS) is 11.4. The van der Waals surface area contributed by atoms with E-state index in [4.69, 9.17) is 5.73 Å². The molecule has 0 aromatic heterocycles. The number of nitro benzene ring substituents is 1. The summed E-state index contributed by atoms with van der Waals surface area (Å²) in [6, 6.07) is 5.14. The highest BCUT2D eigenvalue weighted by Crippen LogP contribution is 2.29. The zero-order valence-electron chi connectivity index (χ0n) is 11.4. The summed E-state index contributed by atoms with van der Waals surface area (Å²) in [5.74, 6) is 0. The van der Waals surface area contributed by atoms with Crippen molar-refractivity contribution < 1.29 is 4.92 Å². The third kappa shape index (κ3) is 3.20. The van der Waals surface area contributed by atoms with Crippen LogP contribution in [0.3, 0.4) is 0 Å². The Hall–Kier alpha value is -1.62. The van der Waals surface area contributed by atoms with Crippen molar-refractivity contribution in [3.63, 3.8) is 0 Å². The Morgan fingerprint density at radius 3 is 2.56 bits per heavy atom. The van der Waals surface area contributed by atoms with Gasteiger partial charge in [-0.2, -0.15) is 0 Å². The minimum Gasteiger partial charge on any atom is -0.374 e. The summed E-state index contributed by atoms with van der Waals surface area (Å²) in [4.78, 5) is 12.6. The van der Waals surface area contributed by atoms with Gasteiger partial charge >= 0.3 is 0 Å². The predicted molar refractivity (Wildman–Crippen MR) is 73.9 cm³/mol. The molecule has 0 unspecified atom stereocenters. The molecule has 2 N–H and O–H groups in total. The lowest BCUT2D eigenvalue weighted by Gasteiger charge is -2.31. The van der Waals surface area contributed by atoms with E-state index in [0.717, 1.165) is 12.2 Å². The molecule has 0 radical (unpaired) electrons. The molecule has 0 spiro atoms. The molecule has 0 amide bonds. The molecule has 5 heteroatoms. The van der Waals surface area contributed by atoms with Crippen molar-refractivity contribution in [2.75, 3.05) is 25.0 Å². The van der Waals surface area contributed by atoms with Crippen LogP contribution in [0.2, 0.25) is 0 Å². The van der Waals surface area contributed by atoms with E-state index in [1.54, 1.807) is 13.0 Å². The Morgan fingerprint density at radius 1 is 1.44 bits per heavy atom. The number of rotatable bonds is 5. The third-order valence-electron chi connectivity index (χ3n) is 3.10. The fourth-order valence-corrected chi connectivity index (χ4v) is 2.01. The third-order valence-corrected chi connectivity index (χ3v) is 3.10. The van der Waals surface area contributed by atoms with Crippen LogP contribution in [0.15, 0.2) is 18.2 Å². The summed E-state index contributed by atoms with van der Waals surface area (Å²) >= 11 is 0. The Bertz CT molecular complexity index is 444. The van der Waals surface area contributed by atoms with Crippen molar-refractivity contribution in [3.8, 4) is 0 Å². The van der Waals surface area contributed by atoms with Gasteiger partial charge in [-0.05, 0) is 24.9 Å². The molecule has 0 saturated heterocycles. The monoisotopic (exact) mass is 251 g/mol. The first-order valence-corrected chi connectivity index (χ1v) is 5.94. The first-order chi connectivity index (χ1) is 8.28. The van der Waals surface area contributed by atoms with Crippen molar-refractivity contribution in [2.45, 2.75) is 20.8 Å². The van der Waals surface area contributed by atoms with Crippen LogP contribution < -0.4 is 10.6 Å². The van der Waals surface area contributed by atoms with Crippen LogP contribution in [0.4, 0.5) is 11.4 Å². The Morgan fingerprint density at radius 2 is 2.06 bits per heavy atom. The largest absolute Gasteiger partial charge is 0.374 e. The van der Waals surface area contributed by atoms with Crippen molar-refractivity contribution in [1.29, 1.82) is 0 Å². The molecule has 0 fully saturated rings. The molecular formula is C13H21N3O2. The number of nitro groups is 1. The number of anilines is 1. The maximum atomic E-state index is 10.9. The molecule has 5 nitrogen and oxygen atoms in total. The summed E-state index contributed by atoms with van der Waals surface area (Å²) in [6.07, 6.45) is 0. The zero-order chi connectivity index (χ0) is 13.9. The van der Waals surface area contributed by atoms with E-state index in [9.17, 15) is 10.1 Å². The SMILES string of the molecule is Cc1c(N(C)CC(C)(C)CN)cccc1[N+](=O)[O-]. The smallest absolute Gasteiger partial charge is 0.274 e. The van der Waals surface area contributed by atoms with Crippen molar-refractivity contribution >= 4 is 11.4 Å². The van der Waals surface area contributed by atoms with E-state index in [-0.39, 0.29) is 16.0 Å². The quantitative estimate of drug-likeness (QED) is 0.644. The Kier molecular flexibility index (Phi) is 4.29. The van der Waals surface area contributed by atoms with E-state index in [1.165, 1.54) is 6.07 Å². The number of hydrogen-bond acceptors (Lipinski definition) is 4. The maximum absolute atomic E-state index is 10.9. The molecule has 0 atom stereocenters. The van der Waals surface area contributed by atoms with Crippen molar-refractivity contribution in [2.24, 2.45) is 11.1 Å². The lowest BCUT2D eigenvalue weighted by Crippen LogP contribution is -2.37. The number of hydrogen-bond donors (Lipinski definition) is 1. The lowest BCUT2D eigenvalue weighted by atomic mass is 9.93.